The van der Waals surface area contributed by atoms with Crippen LogP contribution in [0.1, 0.15) is 23.2 Å². The Labute approximate surface area is 111 Å². The molecule has 0 radical (unpaired) electrons. The molecule has 1 aliphatic rings. The van der Waals surface area contributed by atoms with Gasteiger partial charge in [-0.15, -0.1) is 0 Å². The number of Topliss-reactive ketones (excluding diaryl/α,β-unsaturated/α-hetero) is 1. The normalized spacial score (nSPS) is 14.5. The lowest BCUT2D eigenvalue weighted by Gasteiger charge is -2.04. The Kier molecular flexibility index (Phi) is 2.92. The highest BCUT2D eigenvalue weighted by atomic mass is 35.5. The zero-order valence-electron chi connectivity index (χ0n) is 9.90. The van der Waals surface area contributed by atoms with Gasteiger partial charge in [0.1, 0.15) is 0 Å². The van der Waals surface area contributed by atoms with Crippen LogP contribution in [-0.4, -0.2) is 5.78 Å². The summed E-state index contributed by atoms with van der Waals surface area (Å²) in [5, 5.41) is 0.735. The van der Waals surface area contributed by atoms with Gasteiger partial charge in [0, 0.05) is 16.5 Å². The molecule has 1 nitrogen and oxygen atoms in total. The van der Waals surface area contributed by atoms with Gasteiger partial charge in [-0.25, -0.2) is 0 Å². The molecule has 0 N–H and O–H groups in total. The summed E-state index contributed by atoms with van der Waals surface area (Å²) < 4.78 is 0. The van der Waals surface area contributed by atoms with E-state index >= 15 is 0 Å². The van der Waals surface area contributed by atoms with Crippen LogP contribution in [0.5, 0.6) is 0 Å². The molecule has 1 fully saturated rings. The fraction of sp³-hybridized carbons (Fsp3) is 0.188. The van der Waals surface area contributed by atoms with Crippen molar-refractivity contribution in [2.45, 2.75) is 12.8 Å². The third-order valence-electron chi connectivity index (χ3n) is 3.30. The van der Waals surface area contributed by atoms with Gasteiger partial charge < -0.3 is 0 Å². The first-order valence-electron chi connectivity index (χ1n) is 6.14. The van der Waals surface area contributed by atoms with Crippen molar-refractivity contribution in [3.8, 4) is 11.1 Å². The van der Waals surface area contributed by atoms with Crippen LogP contribution in [0, 0.1) is 5.92 Å². The van der Waals surface area contributed by atoms with Gasteiger partial charge in [0.25, 0.3) is 0 Å². The number of carbonyl (C=O) groups is 1. The van der Waals surface area contributed by atoms with Crippen molar-refractivity contribution in [3.63, 3.8) is 0 Å². The minimum absolute atomic E-state index is 0.284. The van der Waals surface area contributed by atoms with Crippen molar-refractivity contribution in [1.29, 1.82) is 0 Å². The molecule has 0 amide bonds. The lowest BCUT2D eigenvalue weighted by Crippen LogP contribution is -2.00. The molecular formula is C16H13ClO. The van der Waals surface area contributed by atoms with E-state index in [2.05, 4.69) is 0 Å². The molecule has 18 heavy (non-hydrogen) atoms. The topological polar surface area (TPSA) is 17.1 Å². The molecule has 0 aromatic heterocycles. The van der Waals surface area contributed by atoms with Crippen molar-refractivity contribution in [2.75, 3.05) is 0 Å². The van der Waals surface area contributed by atoms with Crippen LogP contribution in [0.4, 0.5) is 0 Å². The second kappa shape index (κ2) is 4.58. The fourth-order valence-electron chi connectivity index (χ4n) is 2.05. The van der Waals surface area contributed by atoms with Gasteiger partial charge in [0.2, 0.25) is 0 Å². The van der Waals surface area contributed by atoms with Crippen LogP contribution < -0.4 is 0 Å². The summed E-state index contributed by atoms with van der Waals surface area (Å²) in [5.74, 6) is 0.573. The Morgan fingerprint density at radius 3 is 1.89 bits per heavy atom. The lowest BCUT2D eigenvalue weighted by atomic mass is 10.0. The Bertz CT molecular complexity index is 565. The third kappa shape index (κ3) is 2.32. The smallest absolute Gasteiger partial charge is 0.165 e. The standard InChI is InChI=1S/C16H13ClO/c17-15-9-7-12(8-10-15)11-1-3-13(4-2-11)16(18)14-5-6-14/h1-4,7-10,14H,5-6H2. The summed E-state index contributed by atoms with van der Waals surface area (Å²) in [7, 11) is 0. The zero-order chi connectivity index (χ0) is 12.5. The Morgan fingerprint density at radius 2 is 1.39 bits per heavy atom. The van der Waals surface area contributed by atoms with Crippen LogP contribution in [0.2, 0.25) is 5.02 Å². The molecule has 1 saturated carbocycles. The van der Waals surface area contributed by atoms with E-state index in [9.17, 15) is 4.79 Å². The summed E-state index contributed by atoms with van der Waals surface area (Å²) in [6.45, 7) is 0. The van der Waals surface area contributed by atoms with Crippen molar-refractivity contribution >= 4 is 17.4 Å². The predicted octanol–water partition coefficient (Wildman–Crippen LogP) is 4.60. The predicted molar refractivity (Wildman–Crippen MR) is 73.9 cm³/mol. The maximum atomic E-state index is 11.9. The fourth-order valence-corrected chi connectivity index (χ4v) is 2.18. The van der Waals surface area contributed by atoms with Crippen molar-refractivity contribution in [3.05, 3.63) is 59.1 Å². The number of rotatable bonds is 3. The number of hydrogen-bond acceptors (Lipinski definition) is 1. The van der Waals surface area contributed by atoms with Crippen LogP contribution in [-0.2, 0) is 0 Å². The minimum Gasteiger partial charge on any atom is -0.294 e. The van der Waals surface area contributed by atoms with Crippen LogP contribution in [0.25, 0.3) is 11.1 Å². The van der Waals surface area contributed by atoms with Gasteiger partial charge >= 0.3 is 0 Å². The molecule has 0 heterocycles. The monoisotopic (exact) mass is 256 g/mol. The number of halogens is 1. The minimum atomic E-state index is 0.284. The number of hydrogen-bond donors (Lipinski definition) is 0. The first-order valence-corrected chi connectivity index (χ1v) is 6.52. The van der Waals surface area contributed by atoms with Gasteiger partial charge in [0.05, 0.1) is 0 Å². The first-order chi connectivity index (χ1) is 8.74. The lowest BCUT2D eigenvalue weighted by molar-refractivity contribution is 0.0967. The summed E-state index contributed by atoms with van der Waals surface area (Å²) in [6.07, 6.45) is 2.11. The van der Waals surface area contributed by atoms with E-state index in [1.54, 1.807) is 0 Å². The second-order valence-corrected chi connectivity index (χ2v) is 5.16. The molecule has 0 aliphatic heterocycles. The van der Waals surface area contributed by atoms with Crippen molar-refractivity contribution in [2.24, 2.45) is 5.92 Å². The highest BCUT2D eigenvalue weighted by Gasteiger charge is 2.30. The Hall–Kier alpha value is -1.60. The molecule has 0 spiro atoms. The molecule has 2 heteroatoms. The van der Waals surface area contributed by atoms with Crippen LogP contribution >= 0.6 is 11.6 Å². The first kappa shape index (κ1) is 11.5. The van der Waals surface area contributed by atoms with E-state index in [1.165, 1.54) is 0 Å². The zero-order valence-corrected chi connectivity index (χ0v) is 10.7. The van der Waals surface area contributed by atoms with Gasteiger partial charge in [-0.05, 0) is 36.1 Å². The average molecular weight is 257 g/mol. The number of benzene rings is 2. The van der Waals surface area contributed by atoms with Gasteiger partial charge in [-0.1, -0.05) is 48.0 Å². The SMILES string of the molecule is O=C(c1ccc(-c2ccc(Cl)cc2)cc1)C1CC1. The molecule has 0 bridgehead atoms. The molecule has 1 aliphatic carbocycles. The van der Waals surface area contributed by atoms with Crippen LogP contribution in [0.3, 0.4) is 0 Å². The Balaban J connectivity index is 1.86. The van der Waals surface area contributed by atoms with E-state index in [-0.39, 0.29) is 11.7 Å². The second-order valence-electron chi connectivity index (χ2n) is 4.72. The maximum absolute atomic E-state index is 11.9. The molecule has 3 rings (SSSR count). The van der Waals surface area contributed by atoms with E-state index in [0.717, 1.165) is 34.6 Å². The van der Waals surface area contributed by atoms with E-state index in [4.69, 9.17) is 11.6 Å². The molecule has 0 saturated heterocycles. The molecular weight excluding hydrogens is 244 g/mol. The van der Waals surface area contributed by atoms with Gasteiger partial charge in [-0.3, -0.25) is 4.79 Å². The maximum Gasteiger partial charge on any atom is 0.165 e. The van der Waals surface area contributed by atoms with E-state index in [0.29, 0.717) is 0 Å². The van der Waals surface area contributed by atoms with E-state index < -0.39 is 0 Å². The molecule has 2 aromatic carbocycles. The third-order valence-corrected chi connectivity index (χ3v) is 3.55. The highest BCUT2D eigenvalue weighted by Crippen LogP contribution is 2.33. The largest absolute Gasteiger partial charge is 0.294 e. The highest BCUT2D eigenvalue weighted by molar-refractivity contribution is 6.30. The average Bonchev–Trinajstić information content (AvgIpc) is 3.23. The summed E-state index contributed by atoms with van der Waals surface area (Å²) in [5.41, 5.74) is 3.05. The molecule has 0 unspecified atom stereocenters. The molecule has 0 atom stereocenters. The number of ketones is 1. The van der Waals surface area contributed by atoms with Gasteiger partial charge in [-0.2, -0.15) is 0 Å². The molecule has 2 aromatic rings. The summed E-state index contributed by atoms with van der Waals surface area (Å²) in [6, 6.07) is 15.6. The van der Waals surface area contributed by atoms with E-state index in [1.807, 2.05) is 48.5 Å². The van der Waals surface area contributed by atoms with Crippen molar-refractivity contribution < 1.29 is 4.79 Å². The number of carbonyl (C=O) groups excluding carboxylic acids is 1. The Morgan fingerprint density at radius 1 is 0.889 bits per heavy atom. The quantitative estimate of drug-likeness (QED) is 0.734. The van der Waals surface area contributed by atoms with Crippen LogP contribution in [0.15, 0.2) is 48.5 Å². The summed E-state index contributed by atoms with van der Waals surface area (Å²) in [4.78, 5) is 11.9. The van der Waals surface area contributed by atoms with Gasteiger partial charge in [0.15, 0.2) is 5.78 Å². The summed E-state index contributed by atoms with van der Waals surface area (Å²) >= 11 is 5.86. The molecule has 90 valence electrons. The van der Waals surface area contributed by atoms with Crippen molar-refractivity contribution in [1.82, 2.24) is 0 Å².